The monoisotopic (exact) mass is 416 g/mol. The van der Waals surface area contributed by atoms with Gasteiger partial charge in [-0.25, -0.2) is 4.99 Å². The molecule has 0 saturated carbocycles. The van der Waals surface area contributed by atoms with E-state index >= 15 is 0 Å². The molecule has 0 amide bonds. The summed E-state index contributed by atoms with van der Waals surface area (Å²) in [5.74, 6) is 0.462. The maximum absolute atomic E-state index is 11.0. The van der Waals surface area contributed by atoms with Crippen molar-refractivity contribution in [1.29, 1.82) is 5.26 Å². The first-order chi connectivity index (χ1) is 12.1. The summed E-state index contributed by atoms with van der Waals surface area (Å²) < 4.78 is 0.434. The first-order valence-electron chi connectivity index (χ1n) is 7.88. The van der Waals surface area contributed by atoms with E-state index in [1.807, 2.05) is 0 Å². The summed E-state index contributed by atoms with van der Waals surface area (Å²) in [6, 6.07) is 7.18. The molecule has 2 bridgehead atoms. The number of halogens is 1. The van der Waals surface area contributed by atoms with Gasteiger partial charge < -0.3 is 4.90 Å². The Hall–Kier alpha value is -2.24. The van der Waals surface area contributed by atoms with Crippen molar-refractivity contribution in [2.45, 2.75) is 18.8 Å². The number of rotatable bonds is 3. The molecule has 3 aliphatic heterocycles. The lowest BCUT2D eigenvalue weighted by atomic mass is 9.84. The molecule has 5 rings (SSSR count). The van der Waals surface area contributed by atoms with Crippen molar-refractivity contribution in [2.75, 3.05) is 18.0 Å². The summed E-state index contributed by atoms with van der Waals surface area (Å²) in [4.78, 5) is 17.4. The average molecular weight is 417 g/mol. The molecule has 0 aliphatic carbocycles. The van der Waals surface area contributed by atoms with Gasteiger partial charge in [0.1, 0.15) is 11.1 Å². The number of thiophene rings is 1. The molecule has 25 heavy (non-hydrogen) atoms. The topological polar surface area (TPSA) is 82.5 Å². The van der Waals surface area contributed by atoms with Gasteiger partial charge in [0.25, 0.3) is 5.69 Å². The minimum Gasteiger partial charge on any atom is -0.363 e. The Morgan fingerprint density at radius 1 is 1.44 bits per heavy atom. The zero-order valence-corrected chi connectivity index (χ0v) is 15.5. The van der Waals surface area contributed by atoms with Gasteiger partial charge in [-0.2, -0.15) is 5.26 Å². The summed E-state index contributed by atoms with van der Waals surface area (Å²) in [6.07, 6.45) is 3.79. The van der Waals surface area contributed by atoms with Gasteiger partial charge in [0, 0.05) is 30.9 Å². The highest BCUT2D eigenvalue weighted by atomic mass is 79.9. The van der Waals surface area contributed by atoms with Crippen LogP contribution < -0.4 is 4.90 Å². The van der Waals surface area contributed by atoms with Crippen molar-refractivity contribution < 1.29 is 4.92 Å². The molecule has 0 radical (unpaired) electrons. The number of benzene rings is 1. The number of anilines is 1. The van der Waals surface area contributed by atoms with Gasteiger partial charge in [-0.1, -0.05) is 17.4 Å². The molecule has 4 heterocycles. The lowest BCUT2D eigenvalue weighted by Crippen LogP contribution is -2.37. The van der Waals surface area contributed by atoms with Gasteiger partial charge in [-0.15, -0.1) is 0 Å². The largest absolute Gasteiger partial charge is 0.363 e. The highest BCUT2D eigenvalue weighted by Gasteiger charge is 2.36. The second kappa shape index (κ2) is 6.24. The van der Waals surface area contributed by atoms with Crippen LogP contribution in [0.3, 0.4) is 0 Å². The molecule has 8 heteroatoms. The van der Waals surface area contributed by atoms with Crippen LogP contribution in [-0.2, 0) is 0 Å². The smallest absolute Gasteiger partial charge is 0.284 e. The van der Waals surface area contributed by atoms with Crippen LogP contribution in [0, 0.1) is 21.4 Å². The van der Waals surface area contributed by atoms with Crippen LogP contribution >= 0.6 is 27.3 Å². The maximum atomic E-state index is 11.0. The standard InChI is InChI=1S/C17H13BrN4O2S/c18-13-2-1-10(7-14(13)22(23)24)9-20-16-12(8-19)15-11-3-5-21(6-4-11)17(15)25-16/h1-2,7,9,11H,3-6H2. The molecule has 2 aromatic rings. The minimum atomic E-state index is -0.434. The van der Waals surface area contributed by atoms with Gasteiger partial charge in [0.15, 0.2) is 0 Å². The van der Waals surface area contributed by atoms with Crippen LogP contribution in [0.2, 0.25) is 0 Å². The first-order valence-corrected chi connectivity index (χ1v) is 9.49. The van der Waals surface area contributed by atoms with Crippen LogP contribution in [0.15, 0.2) is 27.7 Å². The van der Waals surface area contributed by atoms with Crippen LogP contribution in [-0.4, -0.2) is 24.2 Å². The van der Waals surface area contributed by atoms with Crippen LogP contribution in [0.5, 0.6) is 0 Å². The fourth-order valence-corrected chi connectivity index (χ4v) is 5.11. The molecule has 126 valence electrons. The summed E-state index contributed by atoms with van der Waals surface area (Å²) >= 11 is 4.72. The molecule has 0 unspecified atom stereocenters. The Kier molecular flexibility index (Phi) is 4.06. The van der Waals surface area contributed by atoms with Gasteiger partial charge in [-0.05, 0) is 46.3 Å². The third-order valence-corrected chi connectivity index (χ3v) is 6.55. The lowest BCUT2D eigenvalue weighted by Gasteiger charge is -2.39. The Balaban J connectivity index is 1.72. The highest BCUT2D eigenvalue weighted by Crippen LogP contribution is 2.52. The second-order valence-corrected chi connectivity index (χ2v) is 7.93. The fourth-order valence-electron chi connectivity index (χ4n) is 3.49. The molecule has 1 aromatic heterocycles. The molecule has 6 nitrogen and oxygen atoms in total. The number of hydrogen-bond donors (Lipinski definition) is 0. The molecule has 1 aromatic carbocycles. The summed E-state index contributed by atoms with van der Waals surface area (Å²) in [5, 5.41) is 22.5. The zero-order valence-electron chi connectivity index (χ0n) is 13.1. The van der Waals surface area contributed by atoms with Gasteiger partial charge in [-0.3, -0.25) is 10.1 Å². The third kappa shape index (κ3) is 2.73. The lowest BCUT2D eigenvalue weighted by molar-refractivity contribution is -0.385. The Morgan fingerprint density at radius 2 is 2.20 bits per heavy atom. The van der Waals surface area contributed by atoms with Gasteiger partial charge in [0.2, 0.25) is 0 Å². The number of nitro groups is 1. The number of hydrogen-bond acceptors (Lipinski definition) is 6. The summed E-state index contributed by atoms with van der Waals surface area (Å²) in [5.41, 5.74) is 2.45. The average Bonchev–Trinajstić information content (AvgIpc) is 3.02. The Morgan fingerprint density at radius 3 is 2.88 bits per heavy atom. The van der Waals surface area contributed by atoms with Crippen LogP contribution in [0.25, 0.3) is 0 Å². The molecule has 1 saturated heterocycles. The Labute approximate surface area is 156 Å². The van der Waals surface area contributed by atoms with E-state index in [9.17, 15) is 15.4 Å². The zero-order chi connectivity index (χ0) is 17.6. The third-order valence-electron chi connectivity index (χ3n) is 4.71. The van der Waals surface area contributed by atoms with E-state index in [0.29, 0.717) is 26.5 Å². The van der Waals surface area contributed by atoms with Crippen molar-refractivity contribution in [1.82, 2.24) is 0 Å². The number of nitro benzene ring substituents is 1. The molecule has 0 N–H and O–H groups in total. The van der Waals surface area contributed by atoms with E-state index in [-0.39, 0.29) is 5.69 Å². The number of nitriles is 1. The van der Waals surface area contributed by atoms with Crippen LogP contribution in [0.4, 0.5) is 15.7 Å². The fraction of sp³-hybridized carbons (Fsp3) is 0.294. The summed E-state index contributed by atoms with van der Waals surface area (Å²) in [7, 11) is 0. The quantitative estimate of drug-likeness (QED) is 0.410. The second-order valence-electron chi connectivity index (χ2n) is 6.10. The molecule has 0 spiro atoms. The molecule has 1 fully saturated rings. The number of nitrogens with zero attached hydrogens (tertiary/aromatic N) is 4. The van der Waals surface area contributed by atoms with Crippen molar-refractivity contribution >= 4 is 49.2 Å². The molecule has 3 aliphatic rings. The highest BCUT2D eigenvalue weighted by molar-refractivity contribution is 9.10. The number of aliphatic imine (C=N–C) groups is 1. The minimum absolute atomic E-state index is 0.000846. The van der Waals surface area contributed by atoms with E-state index in [1.54, 1.807) is 29.7 Å². The Bertz CT molecular complexity index is 939. The number of fused-ring (bicyclic) bond motifs is 2. The van der Waals surface area contributed by atoms with Crippen molar-refractivity contribution in [3.05, 3.63) is 49.5 Å². The van der Waals surface area contributed by atoms with Gasteiger partial charge >= 0.3 is 0 Å². The normalized spacial score (nSPS) is 16.2. The van der Waals surface area contributed by atoms with E-state index in [4.69, 9.17) is 0 Å². The van der Waals surface area contributed by atoms with Gasteiger partial charge in [0.05, 0.1) is 20.0 Å². The predicted molar refractivity (Wildman–Crippen MR) is 101 cm³/mol. The maximum Gasteiger partial charge on any atom is 0.284 e. The molecular formula is C17H13BrN4O2S. The van der Waals surface area contributed by atoms with E-state index in [0.717, 1.165) is 31.5 Å². The van der Waals surface area contributed by atoms with Crippen molar-refractivity contribution in [3.8, 4) is 6.07 Å². The van der Waals surface area contributed by atoms with E-state index in [1.165, 1.54) is 11.1 Å². The van der Waals surface area contributed by atoms with E-state index < -0.39 is 4.92 Å². The first kappa shape index (κ1) is 16.2. The predicted octanol–water partition coefficient (Wildman–Crippen LogP) is 4.74. The molecular weight excluding hydrogens is 404 g/mol. The van der Waals surface area contributed by atoms with Crippen molar-refractivity contribution in [3.63, 3.8) is 0 Å². The van der Waals surface area contributed by atoms with Crippen LogP contribution in [0.1, 0.15) is 35.4 Å². The summed E-state index contributed by atoms with van der Waals surface area (Å²) in [6.45, 7) is 2.09. The van der Waals surface area contributed by atoms with E-state index in [2.05, 4.69) is 31.9 Å². The van der Waals surface area contributed by atoms with Crippen molar-refractivity contribution in [2.24, 2.45) is 4.99 Å². The SMILES string of the molecule is N#Cc1c(N=Cc2ccc(Br)c([N+](=O)[O-])c2)sc2c1C1CCN2CC1. The number of piperidine rings is 1. The molecule has 0 atom stereocenters.